The molecule has 1 aromatic carbocycles. The fourth-order valence-electron chi connectivity index (χ4n) is 2.14. The third kappa shape index (κ3) is 4.30. The van der Waals surface area contributed by atoms with Crippen molar-refractivity contribution in [2.24, 2.45) is 0 Å². The molecule has 138 valence electrons. The van der Waals surface area contributed by atoms with Crippen molar-refractivity contribution in [2.75, 3.05) is 11.5 Å². The van der Waals surface area contributed by atoms with Crippen molar-refractivity contribution < 1.29 is 30.6 Å². The second-order valence-corrected chi connectivity index (χ2v) is 6.63. The summed E-state index contributed by atoms with van der Waals surface area (Å²) in [6.45, 7) is 2.96. The lowest BCUT2D eigenvalue weighted by Gasteiger charge is -2.13. The van der Waals surface area contributed by atoms with E-state index in [1.807, 2.05) is 0 Å². The molecule has 0 saturated carbocycles. The van der Waals surface area contributed by atoms with Crippen LogP contribution in [-0.4, -0.2) is 30.9 Å². The monoisotopic (exact) mass is 386 g/mol. The summed E-state index contributed by atoms with van der Waals surface area (Å²) in [6, 6.07) is 2.48. The van der Waals surface area contributed by atoms with Gasteiger partial charge in [-0.15, -0.1) is 5.10 Å². The number of alkyl halides is 6. The Balaban J connectivity index is 2.55. The third-order valence-corrected chi connectivity index (χ3v) is 4.67. The second-order valence-electron chi connectivity index (χ2n) is 5.21. The lowest BCUT2D eigenvalue weighted by atomic mass is 10.1. The fraction of sp³-hybridized carbons (Fsp3) is 0.385. The van der Waals surface area contributed by atoms with E-state index in [1.54, 1.807) is 0 Å². The van der Waals surface area contributed by atoms with Crippen molar-refractivity contribution in [3.63, 3.8) is 0 Å². The van der Waals surface area contributed by atoms with Gasteiger partial charge in [0.1, 0.15) is 5.75 Å². The Morgan fingerprint density at radius 3 is 2.20 bits per heavy atom. The van der Waals surface area contributed by atoms with Crippen LogP contribution in [0.2, 0.25) is 0 Å². The summed E-state index contributed by atoms with van der Waals surface area (Å²) >= 11 is 0. The van der Waals surface area contributed by atoms with Gasteiger partial charge in [0.2, 0.25) is 5.95 Å². The summed E-state index contributed by atoms with van der Waals surface area (Å²) in [5.41, 5.74) is 6.10. The highest BCUT2D eigenvalue weighted by molar-refractivity contribution is 7.85. The van der Waals surface area contributed by atoms with Crippen molar-refractivity contribution in [1.29, 1.82) is 0 Å². The first-order valence-electron chi connectivity index (χ1n) is 6.66. The molecule has 0 unspecified atom stereocenters. The minimum Gasteiger partial charge on any atom is -0.368 e. The van der Waals surface area contributed by atoms with E-state index >= 15 is 0 Å². The topological polar surface area (TPSA) is 73.8 Å². The highest BCUT2D eigenvalue weighted by Crippen LogP contribution is 2.30. The van der Waals surface area contributed by atoms with Crippen LogP contribution in [0.15, 0.2) is 17.0 Å². The van der Waals surface area contributed by atoms with Gasteiger partial charge in [-0.05, 0) is 31.0 Å². The summed E-state index contributed by atoms with van der Waals surface area (Å²) < 4.78 is 88.1. The van der Waals surface area contributed by atoms with Crippen LogP contribution in [0.25, 0.3) is 5.69 Å². The van der Waals surface area contributed by atoms with Crippen molar-refractivity contribution >= 4 is 16.7 Å². The Morgan fingerprint density at radius 1 is 1.12 bits per heavy atom. The van der Waals surface area contributed by atoms with Gasteiger partial charge < -0.3 is 5.73 Å². The Morgan fingerprint density at radius 2 is 1.72 bits per heavy atom. The van der Waals surface area contributed by atoms with Gasteiger partial charge in [0.15, 0.2) is 0 Å². The largest absolute Gasteiger partial charge is 0.453 e. The Labute approximate surface area is 140 Å². The number of nitrogens with zero attached hydrogens (tertiary/aromatic N) is 3. The second kappa shape index (κ2) is 6.32. The Bertz CT molecular complexity index is 827. The normalized spacial score (nSPS) is 13.9. The number of hydrogen-bond donors (Lipinski definition) is 1. The molecule has 0 spiro atoms. The van der Waals surface area contributed by atoms with E-state index < -0.39 is 40.7 Å². The predicted octanol–water partition coefficient (Wildman–Crippen LogP) is 3.16. The molecule has 5 nitrogen and oxygen atoms in total. The number of nitrogen functional groups attached to an aromatic ring is 1. The van der Waals surface area contributed by atoms with E-state index in [9.17, 15) is 30.6 Å². The van der Waals surface area contributed by atoms with Gasteiger partial charge in [-0.1, -0.05) is 6.07 Å². The molecule has 0 aliphatic heterocycles. The summed E-state index contributed by atoms with van der Waals surface area (Å²) in [5, 5.41) is 3.25. The van der Waals surface area contributed by atoms with E-state index in [0.29, 0.717) is 15.8 Å². The highest BCUT2D eigenvalue weighted by atomic mass is 32.2. The van der Waals surface area contributed by atoms with E-state index in [4.69, 9.17) is 5.73 Å². The molecule has 0 radical (unpaired) electrons. The number of aromatic nitrogens is 3. The molecule has 0 fully saturated rings. The first-order valence-corrected chi connectivity index (χ1v) is 7.98. The summed E-state index contributed by atoms with van der Waals surface area (Å²) in [4.78, 5) is 2.94. The van der Waals surface area contributed by atoms with E-state index in [2.05, 4.69) is 10.1 Å². The Kier molecular flexibility index (Phi) is 4.86. The van der Waals surface area contributed by atoms with E-state index in [-0.39, 0.29) is 10.6 Å². The van der Waals surface area contributed by atoms with Gasteiger partial charge in [-0.3, -0.25) is 4.21 Å². The molecule has 25 heavy (non-hydrogen) atoms. The number of anilines is 1. The van der Waals surface area contributed by atoms with E-state index in [0.717, 1.165) is 6.07 Å². The molecule has 1 atom stereocenters. The first-order chi connectivity index (χ1) is 11.3. The zero-order chi connectivity index (χ0) is 19.2. The molecule has 0 bridgehead atoms. The molecular formula is C13H12F6N4OS. The number of hydrogen-bond acceptors (Lipinski definition) is 4. The minimum atomic E-state index is -4.83. The van der Waals surface area contributed by atoms with Gasteiger partial charge in [0.25, 0.3) is 5.82 Å². The smallest absolute Gasteiger partial charge is 0.368 e. The molecule has 1 heterocycles. The van der Waals surface area contributed by atoms with Gasteiger partial charge in [-0.2, -0.15) is 36.0 Å². The zero-order valence-corrected chi connectivity index (χ0v) is 13.7. The summed E-state index contributed by atoms with van der Waals surface area (Å²) in [7, 11) is -2.42. The van der Waals surface area contributed by atoms with Crippen molar-refractivity contribution in [1.82, 2.24) is 14.8 Å². The SMILES string of the molecule is Cc1cc(C)c([S@](=O)CC(F)(F)F)cc1-n1nc(C(F)(F)F)nc1N. The summed E-state index contributed by atoms with van der Waals surface area (Å²) in [5.74, 6) is -3.65. The van der Waals surface area contributed by atoms with Crippen LogP contribution in [-0.2, 0) is 17.0 Å². The standard InChI is InChI=1S/C13H12F6N4OS/c1-6-3-7(2)9(25(24)5-12(14,15)16)4-8(6)23-11(20)21-10(22-23)13(17,18)19/h3-4H,5H2,1-2H3,(H2,20,21,22)/t25-/m1/s1. The maximum atomic E-state index is 12.7. The van der Waals surface area contributed by atoms with Crippen LogP contribution in [0.3, 0.4) is 0 Å². The molecule has 2 N–H and O–H groups in total. The molecule has 0 saturated heterocycles. The van der Waals surface area contributed by atoms with Crippen molar-refractivity contribution in [2.45, 2.75) is 31.1 Å². The molecule has 0 aliphatic carbocycles. The van der Waals surface area contributed by atoms with Crippen LogP contribution in [0, 0.1) is 13.8 Å². The van der Waals surface area contributed by atoms with Gasteiger partial charge in [0.05, 0.1) is 16.5 Å². The molecule has 2 rings (SSSR count). The molecular weight excluding hydrogens is 374 g/mol. The van der Waals surface area contributed by atoms with Crippen LogP contribution in [0.5, 0.6) is 0 Å². The first kappa shape index (κ1) is 19.2. The average molecular weight is 386 g/mol. The number of nitrogens with two attached hydrogens (primary N) is 1. The van der Waals surface area contributed by atoms with Gasteiger partial charge in [-0.25, -0.2) is 0 Å². The highest BCUT2D eigenvalue weighted by Gasteiger charge is 2.37. The lowest BCUT2D eigenvalue weighted by molar-refractivity contribution is -0.144. The summed E-state index contributed by atoms with van der Waals surface area (Å²) in [6.07, 6.45) is -9.49. The predicted molar refractivity (Wildman–Crippen MR) is 77.6 cm³/mol. The average Bonchev–Trinajstić information content (AvgIpc) is 2.78. The Hall–Kier alpha value is -2.11. The van der Waals surface area contributed by atoms with Gasteiger partial charge >= 0.3 is 12.4 Å². The van der Waals surface area contributed by atoms with Crippen LogP contribution < -0.4 is 5.73 Å². The van der Waals surface area contributed by atoms with Crippen LogP contribution in [0.1, 0.15) is 17.0 Å². The molecule has 2 aromatic rings. The van der Waals surface area contributed by atoms with Gasteiger partial charge in [0, 0.05) is 4.90 Å². The maximum absolute atomic E-state index is 12.7. The lowest BCUT2D eigenvalue weighted by Crippen LogP contribution is -2.19. The van der Waals surface area contributed by atoms with Crippen LogP contribution in [0.4, 0.5) is 32.3 Å². The minimum absolute atomic E-state index is 0.0309. The maximum Gasteiger partial charge on any atom is 0.453 e. The van der Waals surface area contributed by atoms with Crippen molar-refractivity contribution in [3.05, 3.63) is 29.1 Å². The number of benzene rings is 1. The fourth-order valence-corrected chi connectivity index (χ4v) is 3.26. The third-order valence-electron chi connectivity index (χ3n) is 3.15. The molecule has 12 heteroatoms. The molecule has 0 amide bonds. The zero-order valence-electron chi connectivity index (χ0n) is 12.9. The number of rotatable bonds is 3. The number of aryl methyl sites for hydroxylation is 2. The number of halogens is 6. The quantitative estimate of drug-likeness (QED) is 0.823. The molecule has 1 aromatic heterocycles. The van der Waals surface area contributed by atoms with Crippen molar-refractivity contribution in [3.8, 4) is 5.69 Å². The van der Waals surface area contributed by atoms with E-state index in [1.165, 1.54) is 19.9 Å². The molecule has 0 aliphatic rings. The van der Waals surface area contributed by atoms with Crippen LogP contribution >= 0.6 is 0 Å².